The molecule has 0 aliphatic heterocycles. The van der Waals surface area contributed by atoms with Crippen molar-refractivity contribution in [3.8, 4) is 0 Å². The smallest absolute Gasteiger partial charge is 0.292 e. The second-order valence-corrected chi connectivity index (χ2v) is 8.04. The lowest BCUT2D eigenvalue weighted by Crippen LogP contribution is -2.16. The maximum atomic E-state index is 12.4. The van der Waals surface area contributed by atoms with Crippen molar-refractivity contribution in [2.24, 2.45) is 0 Å². The van der Waals surface area contributed by atoms with Crippen LogP contribution in [0.25, 0.3) is 0 Å². The number of rotatable bonds is 6. The van der Waals surface area contributed by atoms with E-state index in [-0.39, 0.29) is 28.2 Å². The van der Waals surface area contributed by atoms with Gasteiger partial charge in [-0.1, -0.05) is 18.2 Å². The number of aromatic nitrogens is 2. The van der Waals surface area contributed by atoms with Crippen LogP contribution in [-0.4, -0.2) is 24.1 Å². The maximum Gasteiger partial charge on any atom is 0.292 e. The summed E-state index contributed by atoms with van der Waals surface area (Å²) in [5, 5.41) is 6.86. The number of benzene rings is 1. The molecule has 0 aliphatic rings. The van der Waals surface area contributed by atoms with Gasteiger partial charge in [0, 0.05) is 12.1 Å². The summed E-state index contributed by atoms with van der Waals surface area (Å²) < 4.78 is 31.9. The van der Waals surface area contributed by atoms with E-state index in [1.165, 1.54) is 24.3 Å². The van der Waals surface area contributed by atoms with Gasteiger partial charge in [0.05, 0.1) is 11.1 Å². The van der Waals surface area contributed by atoms with Crippen LogP contribution in [0.4, 0.5) is 5.82 Å². The van der Waals surface area contributed by atoms with Crippen LogP contribution in [-0.2, 0) is 15.6 Å². The minimum Gasteiger partial charge on any atom is -0.455 e. The molecule has 8 heteroatoms. The van der Waals surface area contributed by atoms with E-state index in [0.717, 1.165) is 0 Å². The van der Waals surface area contributed by atoms with Gasteiger partial charge in [0.1, 0.15) is 17.3 Å². The summed E-state index contributed by atoms with van der Waals surface area (Å²) >= 11 is 0. The first-order valence-electron chi connectivity index (χ1n) is 8.08. The summed E-state index contributed by atoms with van der Waals surface area (Å²) in [4.78, 5) is 12.6. The summed E-state index contributed by atoms with van der Waals surface area (Å²) in [6.07, 6.45) is 1.59. The molecule has 3 aromatic rings. The molecule has 1 amide bonds. The predicted molar refractivity (Wildman–Crippen MR) is 96.6 cm³/mol. The van der Waals surface area contributed by atoms with Gasteiger partial charge < -0.3 is 9.73 Å². The molecule has 0 bridgehead atoms. The van der Waals surface area contributed by atoms with Gasteiger partial charge >= 0.3 is 0 Å². The standard InChI is InChI=1S/C18H19N3O4S/c1-13(2)21-17(10-11-19-21)20-18(22)16-9-8-14(25-16)12-26(23,24)15-6-4-3-5-7-15/h3-11,13H,12H2,1-2H3,(H,20,22). The number of furan rings is 1. The Morgan fingerprint density at radius 3 is 2.58 bits per heavy atom. The molecule has 0 fully saturated rings. The number of carbonyl (C=O) groups excluding carboxylic acids is 1. The fourth-order valence-corrected chi connectivity index (χ4v) is 3.75. The molecule has 26 heavy (non-hydrogen) atoms. The summed E-state index contributed by atoms with van der Waals surface area (Å²) in [5.41, 5.74) is 0. The largest absolute Gasteiger partial charge is 0.455 e. The van der Waals surface area contributed by atoms with Crippen LogP contribution in [0.15, 0.2) is 64.0 Å². The van der Waals surface area contributed by atoms with E-state index in [2.05, 4.69) is 10.4 Å². The summed E-state index contributed by atoms with van der Waals surface area (Å²) in [5.74, 6) is 0.0144. The molecule has 1 aromatic carbocycles. The average molecular weight is 373 g/mol. The van der Waals surface area contributed by atoms with E-state index in [0.29, 0.717) is 5.82 Å². The molecule has 0 saturated carbocycles. The molecular weight excluding hydrogens is 354 g/mol. The Hall–Kier alpha value is -2.87. The summed E-state index contributed by atoms with van der Waals surface area (Å²) in [6.45, 7) is 3.89. The Labute approximate surface area is 151 Å². The third-order valence-electron chi connectivity index (χ3n) is 3.72. The zero-order valence-corrected chi connectivity index (χ0v) is 15.2. The molecule has 136 valence electrons. The zero-order valence-electron chi connectivity index (χ0n) is 14.4. The van der Waals surface area contributed by atoms with E-state index in [9.17, 15) is 13.2 Å². The predicted octanol–water partition coefficient (Wildman–Crippen LogP) is 3.28. The number of nitrogens with one attached hydrogen (secondary N) is 1. The SMILES string of the molecule is CC(C)n1nccc1NC(=O)c1ccc(CS(=O)(=O)c2ccccc2)o1. The normalized spacial score (nSPS) is 11.7. The monoisotopic (exact) mass is 373 g/mol. The Balaban J connectivity index is 1.73. The molecule has 2 heterocycles. The fourth-order valence-electron chi connectivity index (χ4n) is 2.48. The van der Waals surface area contributed by atoms with E-state index in [1.807, 2.05) is 13.8 Å². The highest BCUT2D eigenvalue weighted by Crippen LogP contribution is 2.19. The highest BCUT2D eigenvalue weighted by atomic mass is 32.2. The number of hydrogen-bond donors (Lipinski definition) is 1. The molecule has 7 nitrogen and oxygen atoms in total. The quantitative estimate of drug-likeness (QED) is 0.715. The van der Waals surface area contributed by atoms with Crippen molar-refractivity contribution < 1.29 is 17.6 Å². The minimum absolute atomic E-state index is 0.0415. The molecule has 0 aliphatic carbocycles. The first-order valence-corrected chi connectivity index (χ1v) is 9.73. The Morgan fingerprint density at radius 1 is 1.15 bits per heavy atom. The van der Waals surface area contributed by atoms with Crippen LogP contribution in [0.2, 0.25) is 0 Å². The van der Waals surface area contributed by atoms with Crippen molar-refractivity contribution in [1.29, 1.82) is 0 Å². The van der Waals surface area contributed by atoms with Crippen LogP contribution < -0.4 is 5.32 Å². The van der Waals surface area contributed by atoms with Gasteiger partial charge in [-0.05, 0) is 38.1 Å². The lowest BCUT2D eigenvalue weighted by Gasteiger charge is -2.10. The molecule has 2 aromatic heterocycles. The van der Waals surface area contributed by atoms with Crippen LogP contribution in [0.5, 0.6) is 0 Å². The second kappa shape index (κ2) is 7.17. The number of sulfone groups is 1. The van der Waals surface area contributed by atoms with Crippen LogP contribution in [0.3, 0.4) is 0 Å². The molecule has 0 atom stereocenters. The average Bonchev–Trinajstić information content (AvgIpc) is 3.24. The zero-order chi connectivity index (χ0) is 18.7. The number of carbonyl (C=O) groups is 1. The van der Waals surface area contributed by atoms with Crippen LogP contribution in [0.1, 0.15) is 36.2 Å². The fraction of sp³-hybridized carbons (Fsp3) is 0.222. The van der Waals surface area contributed by atoms with E-state index in [1.54, 1.807) is 35.1 Å². The van der Waals surface area contributed by atoms with Gasteiger partial charge in [-0.15, -0.1) is 0 Å². The highest BCUT2D eigenvalue weighted by Gasteiger charge is 2.20. The molecule has 3 rings (SSSR count). The van der Waals surface area contributed by atoms with Gasteiger partial charge in [0.15, 0.2) is 15.6 Å². The Morgan fingerprint density at radius 2 is 1.88 bits per heavy atom. The van der Waals surface area contributed by atoms with Gasteiger partial charge in [0.2, 0.25) is 0 Å². The molecule has 1 N–H and O–H groups in total. The minimum atomic E-state index is -3.53. The van der Waals surface area contributed by atoms with Crippen molar-refractivity contribution in [1.82, 2.24) is 9.78 Å². The van der Waals surface area contributed by atoms with Crippen molar-refractivity contribution in [3.05, 3.63) is 66.2 Å². The van der Waals surface area contributed by atoms with E-state index < -0.39 is 15.7 Å². The maximum absolute atomic E-state index is 12.4. The lowest BCUT2D eigenvalue weighted by atomic mass is 10.4. The second-order valence-electron chi connectivity index (χ2n) is 6.05. The van der Waals surface area contributed by atoms with Crippen LogP contribution in [0, 0.1) is 0 Å². The van der Waals surface area contributed by atoms with Crippen molar-refractivity contribution >= 4 is 21.6 Å². The number of amides is 1. The first kappa shape index (κ1) is 17.9. The van der Waals surface area contributed by atoms with Crippen molar-refractivity contribution in [3.63, 3.8) is 0 Å². The Kier molecular flexibility index (Phi) is 4.94. The van der Waals surface area contributed by atoms with Gasteiger partial charge in [-0.3, -0.25) is 4.79 Å². The molecule has 0 radical (unpaired) electrons. The topological polar surface area (TPSA) is 94.2 Å². The van der Waals surface area contributed by atoms with Crippen molar-refractivity contribution in [2.45, 2.75) is 30.5 Å². The van der Waals surface area contributed by atoms with E-state index >= 15 is 0 Å². The Bertz CT molecular complexity index is 1000. The van der Waals surface area contributed by atoms with Gasteiger partial charge in [-0.25, -0.2) is 13.1 Å². The number of anilines is 1. The molecule has 0 unspecified atom stereocenters. The molecular formula is C18H19N3O4S. The molecule has 0 saturated heterocycles. The lowest BCUT2D eigenvalue weighted by molar-refractivity contribution is 0.0994. The number of hydrogen-bond acceptors (Lipinski definition) is 5. The highest BCUT2D eigenvalue weighted by molar-refractivity contribution is 7.90. The third-order valence-corrected chi connectivity index (χ3v) is 5.38. The van der Waals surface area contributed by atoms with E-state index in [4.69, 9.17) is 4.42 Å². The van der Waals surface area contributed by atoms with Gasteiger partial charge in [0.25, 0.3) is 5.91 Å². The molecule has 0 spiro atoms. The summed E-state index contributed by atoms with van der Waals surface area (Å²) in [7, 11) is -3.53. The number of nitrogens with zero attached hydrogens (tertiary/aromatic N) is 2. The van der Waals surface area contributed by atoms with Gasteiger partial charge in [-0.2, -0.15) is 5.10 Å². The van der Waals surface area contributed by atoms with Crippen molar-refractivity contribution in [2.75, 3.05) is 5.32 Å². The van der Waals surface area contributed by atoms with Crippen LogP contribution >= 0.6 is 0 Å². The third kappa shape index (κ3) is 3.85. The first-order chi connectivity index (χ1) is 12.4. The summed E-state index contributed by atoms with van der Waals surface area (Å²) in [6, 6.07) is 12.8.